The molecule has 0 saturated carbocycles. The van der Waals surface area contributed by atoms with Crippen molar-refractivity contribution in [1.29, 1.82) is 0 Å². The summed E-state index contributed by atoms with van der Waals surface area (Å²) in [6.07, 6.45) is 1.94. The average molecular weight is 410 g/mol. The number of ether oxygens (including phenoxy) is 1. The molecule has 3 heterocycles. The summed E-state index contributed by atoms with van der Waals surface area (Å²) in [4.78, 5) is 29.0. The van der Waals surface area contributed by atoms with Crippen LogP contribution in [0.4, 0.5) is 10.9 Å². The second-order valence-electron chi connectivity index (χ2n) is 6.99. The van der Waals surface area contributed by atoms with Crippen LogP contribution in [0, 0.1) is 13.8 Å². The lowest BCUT2D eigenvalue weighted by molar-refractivity contribution is -0.138. The Hall–Kier alpha value is -2.84. The molecule has 1 saturated heterocycles. The van der Waals surface area contributed by atoms with Crippen molar-refractivity contribution in [2.24, 2.45) is 0 Å². The van der Waals surface area contributed by atoms with Gasteiger partial charge in [0.2, 0.25) is 5.91 Å². The third-order valence-corrected chi connectivity index (χ3v) is 5.49. The van der Waals surface area contributed by atoms with Crippen molar-refractivity contribution < 1.29 is 9.53 Å². The molecule has 0 aliphatic carbocycles. The van der Waals surface area contributed by atoms with Crippen LogP contribution in [0.3, 0.4) is 0 Å². The van der Waals surface area contributed by atoms with E-state index >= 15 is 0 Å². The van der Waals surface area contributed by atoms with Gasteiger partial charge in [0, 0.05) is 23.7 Å². The lowest BCUT2D eigenvalue weighted by Gasteiger charge is -2.33. The van der Waals surface area contributed by atoms with Gasteiger partial charge in [0.25, 0.3) is 0 Å². The summed E-state index contributed by atoms with van der Waals surface area (Å²) in [6, 6.07) is 11.7. The molecule has 7 nitrogen and oxygen atoms in total. The van der Waals surface area contributed by atoms with Crippen LogP contribution in [0.2, 0.25) is 0 Å². The predicted octanol–water partition coefficient (Wildman–Crippen LogP) is 3.44. The highest BCUT2D eigenvalue weighted by molar-refractivity contribution is 7.15. The standard InChI is InChI=1S/C21H23N5O2S/c1-14-12-22-21(29-14)25-19-11-17(23-15(2)24-19)18-13-26(8-9-28-18)20(27)10-16-6-4-3-5-7-16/h3-7,11-12,18H,8-10,13H2,1-2H3,(H,22,23,24,25)/t18-/m0/s1. The maximum Gasteiger partial charge on any atom is 0.227 e. The van der Waals surface area contributed by atoms with Crippen LogP contribution in [0.25, 0.3) is 0 Å². The van der Waals surface area contributed by atoms with Gasteiger partial charge >= 0.3 is 0 Å². The Morgan fingerprint density at radius 2 is 2.10 bits per heavy atom. The summed E-state index contributed by atoms with van der Waals surface area (Å²) in [7, 11) is 0. The molecule has 1 aliphatic heterocycles. The number of hydrogen-bond donors (Lipinski definition) is 1. The molecule has 0 unspecified atom stereocenters. The minimum absolute atomic E-state index is 0.104. The van der Waals surface area contributed by atoms with Gasteiger partial charge in [0.1, 0.15) is 17.7 Å². The SMILES string of the molecule is Cc1nc(Nc2ncc(C)s2)cc([C@@H]2CN(C(=O)Cc3ccccc3)CCO2)n1. The minimum atomic E-state index is -0.274. The van der Waals surface area contributed by atoms with Crippen molar-refractivity contribution in [1.82, 2.24) is 19.9 Å². The van der Waals surface area contributed by atoms with E-state index in [1.54, 1.807) is 11.3 Å². The Kier molecular flexibility index (Phi) is 5.82. The zero-order valence-corrected chi connectivity index (χ0v) is 17.3. The van der Waals surface area contributed by atoms with Crippen molar-refractivity contribution in [3.05, 3.63) is 64.6 Å². The fourth-order valence-electron chi connectivity index (χ4n) is 3.28. The summed E-state index contributed by atoms with van der Waals surface area (Å²) in [5.41, 5.74) is 1.79. The second kappa shape index (κ2) is 8.67. The molecular formula is C21H23N5O2S. The first kappa shape index (κ1) is 19.5. The van der Waals surface area contributed by atoms with E-state index in [4.69, 9.17) is 4.74 Å². The number of carbonyl (C=O) groups excluding carboxylic acids is 1. The van der Waals surface area contributed by atoms with Crippen LogP contribution in [-0.4, -0.2) is 45.5 Å². The number of nitrogens with one attached hydrogen (secondary N) is 1. The Balaban J connectivity index is 1.46. The number of aromatic nitrogens is 3. The van der Waals surface area contributed by atoms with E-state index < -0.39 is 0 Å². The summed E-state index contributed by atoms with van der Waals surface area (Å²) in [5, 5.41) is 4.02. The molecule has 3 aromatic rings. The number of amides is 1. The number of nitrogens with zero attached hydrogens (tertiary/aromatic N) is 4. The largest absolute Gasteiger partial charge is 0.368 e. The van der Waals surface area contributed by atoms with E-state index in [0.717, 1.165) is 21.3 Å². The third kappa shape index (κ3) is 4.96. The molecule has 1 aromatic carbocycles. The van der Waals surface area contributed by atoms with Crippen LogP contribution < -0.4 is 5.32 Å². The van der Waals surface area contributed by atoms with Gasteiger partial charge < -0.3 is 15.0 Å². The quantitative estimate of drug-likeness (QED) is 0.695. The fourth-order valence-corrected chi connectivity index (χ4v) is 3.95. The van der Waals surface area contributed by atoms with Crippen LogP contribution >= 0.6 is 11.3 Å². The summed E-state index contributed by atoms with van der Waals surface area (Å²) >= 11 is 1.57. The van der Waals surface area contributed by atoms with E-state index in [0.29, 0.717) is 37.8 Å². The molecule has 8 heteroatoms. The maximum atomic E-state index is 12.7. The molecule has 0 spiro atoms. The smallest absolute Gasteiger partial charge is 0.227 e. The van der Waals surface area contributed by atoms with Crippen molar-refractivity contribution >= 4 is 28.2 Å². The van der Waals surface area contributed by atoms with Gasteiger partial charge in [-0.25, -0.2) is 15.0 Å². The van der Waals surface area contributed by atoms with E-state index in [2.05, 4.69) is 20.3 Å². The molecule has 0 bridgehead atoms. The molecule has 0 radical (unpaired) electrons. The highest BCUT2D eigenvalue weighted by atomic mass is 32.1. The number of rotatable bonds is 5. The Morgan fingerprint density at radius 1 is 1.28 bits per heavy atom. The first-order valence-corrected chi connectivity index (χ1v) is 10.4. The van der Waals surface area contributed by atoms with Crippen LogP contribution in [0.1, 0.15) is 28.1 Å². The topological polar surface area (TPSA) is 80.2 Å². The molecule has 1 N–H and O–H groups in total. The van der Waals surface area contributed by atoms with Crippen molar-refractivity contribution in [2.75, 3.05) is 25.0 Å². The Bertz CT molecular complexity index is 992. The molecule has 29 heavy (non-hydrogen) atoms. The van der Waals surface area contributed by atoms with Crippen molar-refractivity contribution in [2.45, 2.75) is 26.4 Å². The molecule has 150 valence electrons. The zero-order chi connectivity index (χ0) is 20.2. The predicted molar refractivity (Wildman–Crippen MR) is 112 cm³/mol. The first-order valence-electron chi connectivity index (χ1n) is 9.55. The molecule has 4 rings (SSSR count). The van der Waals surface area contributed by atoms with Gasteiger partial charge in [-0.05, 0) is 19.4 Å². The first-order chi connectivity index (χ1) is 14.1. The van der Waals surface area contributed by atoms with Gasteiger partial charge in [-0.2, -0.15) is 0 Å². The minimum Gasteiger partial charge on any atom is -0.368 e. The molecule has 1 aliphatic rings. The normalized spacial score (nSPS) is 16.6. The molecule has 2 aromatic heterocycles. The third-order valence-electron chi connectivity index (χ3n) is 4.66. The van der Waals surface area contributed by atoms with E-state index in [1.165, 1.54) is 0 Å². The number of anilines is 2. The Labute approximate surface area is 173 Å². The van der Waals surface area contributed by atoms with Gasteiger partial charge in [-0.1, -0.05) is 30.3 Å². The zero-order valence-electron chi connectivity index (χ0n) is 16.5. The number of benzene rings is 1. The number of hydrogen-bond acceptors (Lipinski definition) is 7. The van der Waals surface area contributed by atoms with E-state index in [-0.39, 0.29) is 12.0 Å². The number of thiazole rings is 1. The monoisotopic (exact) mass is 409 g/mol. The van der Waals surface area contributed by atoms with Crippen LogP contribution in [0.5, 0.6) is 0 Å². The maximum absolute atomic E-state index is 12.7. The second-order valence-corrected chi connectivity index (χ2v) is 8.22. The number of aryl methyl sites for hydroxylation is 2. The lowest BCUT2D eigenvalue weighted by Crippen LogP contribution is -2.43. The highest BCUT2D eigenvalue weighted by Crippen LogP contribution is 2.26. The molecular weight excluding hydrogens is 386 g/mol. The summed E-state index contributed by atoms with van der Waals surface area (Å²) < 4.78 is 5.93. The summed E-state index contributed by atoms with van der Waals surface area (Å²) in [6.45, 7) is 5.43. The van der Waals surface area contributed by atoms with Crippen LogP contribution in [0.15, 0.2) is 42.6 Å². The number of carbonyl (C=O) groups is 1. The molecule has 1 fully saturated rings. The molecule has 1 atom stereocenters. The van der Waals surface area contributed by atoms with Crippen LogP contribution in [-0.2, 0) is 16.0 Å². The summed E-state index contributed by atoms with van der Waals surface area (Å²) in [5.74, 6) is 1.43. The number of morpholine rings is 1. The fraction of sp³-hybridized carbons (Fsp3) is 0.333. The van der Waals surface area contributed by atoms with E-state index in [9.17, 15) is 4.79 Å². The van der Waals surface area contributed by atoms with Gasteiger partial charge in [0.05, 0.1) is 25.3 Å². The van der Waals surface area contributed by atoms with Gasteiger partial charge in [-0.3, -0.25) is 4.79 Å². The highest BCUT2D eigenvalue weighted by Gasteiger charge is 2.27. The van der Waals surface area contributed by atoms with Crippen molar-refractivity contribution in [3.8, 4) is 0 Å². The lowest BCUT2D eigenvalue weighted by atomic mass is 10.1. The van der Waals surface area contributed by atoms with Crippen molar-refractivity contribution in [3.63, 3.8) is 0 Å². The average Bonchev–Trinajstić information content (AvgIpc) is 3.13. The Morgan fingerprint density at radius 3 is 2.86 bits per heavy atom. The van der Waals surface area contributed by atoms with Gasteiger partial charge in [-0.15, -0.1) is 11.3 Å². The van der Waals surface area contributed by atoms with E-state index in [1.807, 2.05) is 61.3 Å². The molecule has 1 amide bonds. The van der Waals surface area contributed by atoms with Gasteiger partial charge in [0.15, 0.2) is 5.13 Å².